The first-order valence-electron chi connectivity index (χ1n) is 8.95. The summed E-state index contributed by atoms with van der Waals surface area (Å²) in [5.74, 6) is -0.247. The highest BCUT2D eigenvalue weighted by molar-refractivity contribution is 7.91. The first-order chi connectivity index (χ1) is 13.9. The SMILES string of the molecule is CCOc1ccc(C(=O)NCC(c2cccs2)S(=O)(=O)c2ccc(F)cc2)cc1. The lowest BCUT2D eigenvalue weighted by molar-refractivity contribution is 0.0953. The van der Waals surface area contributed by atoms with E-state index in [9.17, 15) is 17.6 Å². The van der Waals surface area contributed by atoms with Crippen molar-refractivity contribution in [2.45, 2.75) is 17.1 Å². The van der Waals surface area contributed by atoms with Crippen molar-refractivity contribution >= 4 is 27.1 Å². The molecule has 1 unspecified atom stereocenters. The minimum absolute atomic E-state index is 0.00705. The van der Waals surface area contributed by atoms with Crippen LogP contribution in [0.25, 0.3) is 0 Å². The van der Waals surface area contributed by atoms with Crippen molar-refractivity contribution in [3.05, 3.63) is 82.3 Å². The molecule has 1 aromatic heterocycles. The van der Waals surface area contributed by atoms with Gasteiger partial charge in [0.25, 0.3) is 5.91 Å². The van der Waals surface area contributed by atoms with Crippen molar-refractivity contribution in [2.24, 2.45) is 0 Å². The van der Waals surface area contributed by atoms with Gasteiger partial charge in [0.1, 0.15) is 16.8 Å². The van der Waals surface area contributed by atoms with Crippen LogP contribution in [-0.4, -0.2) is 27.5 Å². The molecule has 2 aromatic carbocycles. The Morgan fingerprint density at radius 3 is 2.38 bits per heavy atom. The molecule has 0 saturated carbocycles. The van der Waals surface area contributed by atoms with Gasteiger partial charge in [-0.1, -0.05) is 6.07 Å². The molecule has 1 N–H and O–H groups in total. The molecule has 0 fully saturated rings. The van der Waals surface area contributed by atoms with E-state index in [1.807, 2.05) is 6.92 Å². The van der Waals surface area contributed by atoms with Gasteiger partial charge in [0.05, 0.1) is 11.5 Å². The number of amides is 1. The number of sulfone groups is 1. The number of benzene rings is 2. The molecule has 1 heterocycles. The van der Waals surface area contributed by atoms with Crippen LogP contribution in [0.3, 0.4) is 0 Å². The predicted molar refractivity (Wildman–Crippen MR) is 111 cm³/mol. The van der Waals surface area contributed by atoms with Crippen LogP contribution in [0.5, 0.6) is 5.75 Å². The highest BCUT2D eigenvalue weighted by Gasteiger charge is 2.30. The Balaban J connectivity index is 1.80. The third kappa shape index (κ3) is 5.02. The normalized spacial score (nSPS) is 12.3. The molecule has 152 valence electrons. The van der Waals surface area contributed by atoms with Gasteiger partial charge >= 0.3 is 0 Å². The fraction of sp³-hybridized carbons (Fsp3) is 0.190. The number of carbonyl (C=O) groups excluding carboxylic acids is 1. The van der Waals surface area contributed by atoms with Crippen LogP contribution in [0.4, 0.5) is 4.39 Å². The summed E-state index contributed by atoms with van der Waals surface area (Å²) in [5.41, 5.74) is 0.401. The summed E-state index contributed by atoms with van der Waals surface area (Å²) < 4.78 is 44.8. The molecule has 0 aliphatic rings. The number of nitrogens with one attached hydrogen (secondary N) is 1. The summed E-state index contributed by atoms with van der Waals surface area (Å²) in [6.07, 6.45) is 0. The standard InChI is InChI=1S/C21H20FNO4S2/c1-2-27-17-9-5-15(6-10-17)21(24)23-14-20(19-4-3-13-28-19)29(25,26)18-11-7-16(22)8-12-18/h3-13,20H,2,14H2,1H3,(H,23,24). The molecule has 3 aromatic rings. The van der Waals surface area contributed by atoms with Gasteiger partial charge in [0.15, 0.2) is 9.84 Å². The Morgan fingerprint density at radius 1 is 1.10 bits per heavy atom. The smallest absolute Gasteiger partial charge is 0.251 e. The van der Waals surface area contributed by atoms with Crippen LogP contribution in [0.15, 0.2) is 70.9 Å². The maximum absolute atomic E-state index is 13.2. The van der Waals surface area contributed by atoms with Crippen LogP contribution in [-0.2, 0) is 9.84 Å². The molecule has 1 atom stereocenters. The second-order valence-corrected chi connectivity index (χ2v) is 9.28. The van der Waals surface area contributed by atoms with Crippen molar-refractivity contribution in [1.82, 2.24) is 5.32 Å². The van der Waals surface area contributed by atoms with E-state index in [-0.39, 0.29) is 17.3 Å². The highest BCUT2D eigenvalue weighted by Crippen LogP contribution is 2.31. The Hall–Kier alpha value is -2.71. The third-order valence-electron chi connectivity index (χ3n) is 4.25. The molecule has 0 saturated heterocycles. The van der Waals surface area contributed by atoms with Gasteiger partial charge in [-0.3, -0.25) is 4.79 Å². The van der Waals surface area contributed by atoms with E-state index in [0.29, 0.717) is 22.8 Å². The summed E-state index contributed by atoms with van der Waals surface area (Å²) in [6, 6.07) is 14.8. The van der Waals surface area contributed by atoms with E-state index < -0.39 is 20.9 Å². The van der Waals surface area contributed by atoms with Gasteiger partial charge in [0.2, 0.25) is 0 Å². The zero-order chi connectivity index (χ0) is 20.9. The molecule has 8 heteroatoms. The van der Waals surface area contributed by atoms with E-state index in [2.05, 4.69) is 5.32 Å². The van der Waals surface area contributed by atoms with Crippen LogP contribution < -0.4 is 10.1 Å². The van der Waals surface area contributed by atoms with Crippen LogP contribution in [0.2, 0.25) is 0 Å². The van der Waals surface area contributed by atoms with E-state index in [1.54, 1.807) is 41.8 Å². The Bertz CT molecular complexity index is 1050. The molecule has 5 nitrogen and oxygen atoms in total. The molecular formula is C21H20FNO4S2. The van der Waals surface area contributed by atoms with E-state index in [0.717, 1.165) is 12.1 Å². The largest absolute Gasteiger partial charge is 0.494 e. The molecule has 0 radical (unpaired) electrons. The number of ether oxygens (including phenoxy) is 1. The first kappa shape index (κ1) is 21.0. The lowest BCUT2D eigenvalue weighted by Crippen LogP contribution is -2.31. The number of halogens is 1. The summed E-state index contributed by atoms with van der Waals surface area (Å²) in [6.45, 7) is 2.29. The van der Waals surface area contributed by atoms with Gasteiger partial charge in [-0.25, -0.2) is 12.8 Å². The van der Waals surface area contributed by atoms with Crippen molar-refractivity contribution in [3.63, 3.8) is 0 Å². The van der Waals surface area contributed by atoms with Gasteiger partial charge in [-0.2, -0.15) is 0 Å². The van der Waals surface area contributed by atoms with Crippen molar-refractivity contribution in [3.8, 4) is 5.75 Å². The van der Waals surface area contributed by atoms with Crippen LogP contribution >= 0.6 is 11.3 Å². The Kier molecular flexibility index (Phi) is 6.66. The van der Waals surface area contributed by atoms with Crippen molar-refractivity contribution < 1.29 is 22.3 Å². The highest BCUT2D eigenvalue weighted by atomic mass is 32.2. The maximum atomic E-state index is 13.2. The topological polar surface area (TPSA) is 72.5 Å². The van der Waals surface area contributed by atoms with Gasteiger partial charge in [-0.05, 0) is 66.9 Å². The lowest BCUT2D eigenvalue weighted by atomic mass is 10.2. The number of thiophene rings is 1. The molecule has 0 aliphatic carbocycles. The summed E-state index contributed by atoms with van der Waals surface area (Å²) in [5, 5.41) is 3.50. The number of hydrogen-bond acceptors (Lipinski definition) is 5. The van der Waals surface area contributed by atoms with E-state index >= 15 is 0 Å². The second kappa shape index (κ2) is 9.19. The Labute approximate surface area is 173 Å². The lowest BCUT2D eigenvalue weighted by Gasteiger charge is -2.17. The summed E-state index contributed by atoms with van der Waals surface area (Å²) in [4.78, 5) is 13.1. The number of hydrogen-bond donors (Lipinski definition) is 1. The molecule has 0 spiro atoms. The minimum atomic E-state index is -3.82. The maximum Gasteiger partial charge on any atom is 0.251 e. The summed E-state index contributed by atoms with van der Waals surface area (Å²) >= 11 is 1.29. The molecular weight excluding hydrogens is 413 g/mol. The monoisotopic (exact) mass is 433 g/mol. The molecule has 1 amide bonds. The van der Waals surface area contributed by atoms with Gasteiger partial charge in [-0.15, -0.1) is 11.3 Å². The average molecular weight is 434 g/mol. The molecule has 0 bridgehead atoms. The number of carbonyl (C=O) groups is 1. The first-order valence-corrected chi connectivity index (χ1v) is 11.4. The zero-order valence-electron chi connectivity index (χ0n) is 15.7. The molecule has 0 aliphatic heterocycles. The van der Waals surface area contributed by atoms with Crippen LogP contribution in [0, 0.1) is 5.82 Å². The number of rotatable bonds is 8. The van der Waals surface area contributed by atoms with Crippen LogP contribution in [0.1, 0.15) is 27.4 Å². The quantitative estimate of drug-likeness (QED) is 0.540. The minimum Gasteiger partial charge on any atom is -0.494 e. The fourth-order valence-corrected chi connectivity index (χ4v) is 5.57. The third-order valence-corrected chi connectivity index (χ3v) is 7.49. The van der Waals surface area contributed by atoms with Gasteiger partial charge < -0.3 is 10.1 Å². The van der Waals surface area contributed by atoms with Crippen molar-refractivity contribution in [1.29, 1.82) is 0 Å². The molecule has 3 rings (SSSR count). The fourth-order valence-electron chi connectivity index (χ4n) is 2.78. The van der Waals surface area contributed by atoms with Crippen molar-refractivity contribution in [2.75, 3.05) is 13.2 Å². The predicted octanol–water partition coefficient (Wildman–Crippen LogP) is 4.23. The average Bonchev–Trinajstić information content (AvgIpc) is 3.23. The Morgan fingerprint density at radius 2 is 1.79 bits per heavy atom. The van der Waals surface area contributed by atoms with E-state index in [4.69, 9.17) is 4.74 Å². The second-order valence-electron chi connectivity index (χ2n) is 6.17. The molecule has 29 heavy (non-hydrogen) atoms. The van der Waals surface area contributed by atoms with Gasteiger partial charge in [0, 0.05) is 17.0 Å². The van der Waals surface area contributed by atoms with E-state index in [1.165, 1.54) is 23.5 Å². The zero-order valence-corrected chi connectivity index (χ0v) is 17.3. The summed E-state index contributed by atoms with van der Waals surface area (Å²) in [7, 11) is -3.82.